The first kappa shape index (κ1) is 12.9. The van der Waals surface area contributed by atoms with Gasteiger partial charge in [-0.15, -0.1) is 0 Å². The molecule has 0 spiro atoms. The lowest BCUT2D eigenvalue weighted by Crippen LogP contribution is -2.43. The van der Waals surface area contributed by atoms with E-state index in [4.69, 9.17) is 11.5 Å². The van der Waals surface area contributed by atoms with Crippen LogP contribution >= 0.6 is 0 Å². The van der Waals surface area contributed by atoms with Gasteiger partial charge in [-0.3, -0.25) is 0 Å². The smallest absolute Gasteiger partial charge is 0.0290 e. The SMILES string of the molecule is CC(C)C(C)(C)CNCC(N)CN. The molecule has 3 heteroatoms. The minimum absolute atomic E-state index is 0.0861. The number of nitrogens with two attached hydrogens (primary N) is 2. The minimum Gasteiger partial charge on any atom is -0.329 e. The molecule has 1 atom stereocenters. The van der Waals surface area contributed by atoms with Crippen LogP contribution < -0.4 is 16.8 Å². The first-order valence-corrected chi connectivity index (χ1v) is 5.06. The predicted octanol–water partition coefficient (Wildman–Crippen LogP) is 0.544. The molecule has 5 N–H and O–H groups in total. The topological polar surface area (TPSA) is 64.1 Å². The molecule has 0 saturated carbocycles. The van der Waals surface area contributed by atoms with E-state index in [1.54, 1.807) is 0 Å². The summed E-state index contributed by atoms with van der Waals surface area (Å²) >= 11 is 0. The summed E-state index contributed by atoms with van der Waals surface area (Å²) in [5.41, 5.74) is 11.4. The molecule has 0 aliphatic rings. The van der Waals surface area contributed by atoms with E-state index in [9.17, 15) is 0 Å². The summed E-state index contributed by atoms with van der Waals surface area (Å²) in [6.07, 6.45) is 0. The third-order valence-corrected chi connectivity index (χ3v) is 2.85. The molecule has 1 unspecified atom stereocenters. The molecule has 0 fully saturated rings. The highest BCUT2D eigenvalue weighted by Crippen LogP contribution is 2.24. The van der Waals surface area contributed by atoms with Gasteiger partial charge >= 0.3 is 0 Å². The van der Waals surface area contributed by atoms with Gasteiger partial charge in [0.2, 0.25) is 0 Å². The highest BCUT2D eigenvalue weighted by atomic mass is 14.9. The van der Waals surface area contributed by atoms with E-state index >= 15 is 0 Å². The van der Waals surface area contributed by atoms with Crippen molar-refractivity contribution < 1.29 is 0 Å². The molecular formula is C10H25N3. The Kier molecular flexibility index (Phi) is 5.53. The van der Waals surface area contributed by atoms with Crippen LogP contribution in [-0.4, -0.2) is 25.7 Å². The quantitative estimate of drug-likeness (QED) is 0.569. The van der Waals surface area contributed by atoms with E-state index in [2.05, 4.69) is 33.0 Å². The fraction of sp³-hybridized carbons (Fsp3) is 1.00. The first-order valence-electron chi connectivity index (χ1n) is 5.06. The van der Waals surface area contributed by atoms with Crippen molar-refractivity contribution in [2.75, 3.05) is 19.6 Å². The second kappa shape index (κ2) is 5.58. The number of rotatable bonds is 6. The Morgan fingerprint density at radius 1 is 1.31 bits per heavy atom. The molecule has 3 nitrogen and oxygen atoms in total. The zero-order chi connectivity index (χ0) is 10.5. The summed E-state index contributed by atoms with van der Waals surface area (Å²) < 4.78 is 0. The summed E-state index contributed by atoms with van der Waals surface area (Å²) in [4.78, 5) is 0. The van der Waals surface area contributed by atoms with Crippen LogP contribution in [0.2, 0.25) is 0 Å². The van der Waals surface area contributed by atoms with Gasteiger partial charge in [-0.05, 0) is 11.3 Å². The number of nitrogens with one attached hydrogen (secondary N) is 1. The zero-order valence-corrected chi connectivity index (χ0v) is 9.43. The average molecular weight is 187 g/mol. The summed E-state index contributed by atoms with van der Waals surface area (Å²) in [5.74, 6) is 0.675. The van der Waals surface area contributed by atoms with Crippen molar-refractivity contribution >= 4 is 0 Å². The van der Waals surface area contributed by atoms with E-state index in [1.165, 1.54) is 0 Å². The maximum atomic E-state index is 5.69. The van der Waals surface area contributed by atoms with Gasteiger partial charge in [0.1, 0.15) is 0 Å². The molecule has 0 saturated heterocycles. The summed E-state index contributed by atoms with van der Waals surface area (Å²) in [6, 6.07) is 0.0861. The fourth-order valence-electron chi connectivity index (χ4n) is 0.867. The molecule has 0 amide bonds. The molecule has 80 valence electrons. The van der Waals surface area contributed by atoms with E-state index in [-0.39, 0.29) is 6.04 Å². The van der Waals surface area contributed by atoms with E-state index in [1.807, 2.05) is 0 Å². The van der Waals surface area contributed by atoms with Crippen LogP contribution in [0.3, 0.4) is 0 Å². The maximum Gasteiger partial charge on any atom is 0.0290 e. The predicted molar refractivity (Wildman–Crippen MR) is 58.5 cm³/mol. The average Bonchev–Trinajstić information content (AvgIpc) is 2.03. The van der Waals surface area contributed by atoms with Crippen LogP contribution in [0.1, 0.15) is 27.7 Å². The van der Waals surface area contributed by atoms with Gasteiger partial charge in [-0.2, -0.15) is 0 Å². The molecule has 0 bridgehead atoms. The third-order valence-electron chi connectivity index (χ3n) is 2.85. The highest BCUT2D eigenvalue weighted by molar-refractivity contribution is 4.76. The zero-order valence-electron chi connectivity index (χ0n) is 9.43. The molecule has 0 heterocycles. The Bertz CT molecular complexity index is 132. The van der Waals surface area contributed by atoms with Gasteiger partial charge in [0.25, 0.3) is 0 Å². The Morgan fingerprint density at radius 3 is 2.23 bits per heavy atom. The Balaban J connectivity index is 3.63. The minimum atomic E-state index is 0.0861. The number of hydrogen-bond donors (Lipinski definition) is 3. The maximum absolute atomic E-state index is 5.69. The van der Waals surface area contributed by atoms with Gasteiger partial charge < -0.3 is 16.8 Å². The Labute approximate surface area is 82.3 Å². The van der Waals surface area contributed by atoms with E-state index < -0.39 is 0 Å². The van der Waals surface area contributed by atoms with Crippen LogP contribution in [0.15, 0.2) is 0 Å². The Morgan fingerprint density at radius 2 is 1.85 bits per heavy atom. The van der Waals surface area contributed by atoms with Crippen molar-refractivity contribution in [1.82, 2.24) is 5.32 Å². The van der Waals surface area contributed by atoms with Crippen LogP contribution in [0.25, 0.3) is 0 Å². The molecule has 0 radical (unpaired) electrons. The van der Waals surface area contributed by atoms with E-state index in [0.717, 1.165) is 13.1 Å². The van der Waals surface area contributed by atoms with Crippen molar-refractivity contribution in [3.8, 4) is 0 Å². The molecule has 0 aliphatic heterocycles. The molecule has 13 heavy (non-hydrogen) atoms. The van der Waals surface area contributed by atoms with Crippen molar-refractivity contribution in [2.24, 2.45) is 22.8 Å². The lowest BCUT2D eigenvalue weighted by atomic mass is 9.81. The van der Waals surface area contributed by atoms with Crippen molar-refractivity contribution in [1.29, 1.82) is 0 Å². The molecule has 0 aromatic rings. The van der Waals surface area contributed by atoms with Gasteiger partial charge in [0, 0.05) is 25.7 Å². The lowest BCUT2D eigenvalue weighted by Gasteiger charge is -2.30. The third kappa shape index (κ3) is 5.24. The molecule has 0 aromatic heterocycles. The van der Waals surface area contributed by atoms with E-state index in [0.29, 0.717) is 17.9 Å². The van der Waals surface area contributed by atoms with Crippen LogP contribution in [0.4, 0.5) is 0 Å². The highest BCUT2D eigenvalue weighted by Gasteiger charge is 2.21. The summed E-state index contributed by atoms with van der Waals surface area (Å²) in [7, 11) is 0. The first-order chi connectivity index (χ1) is 5.90. The van der Waals surface area contributed by atoms with Crippen molar-refractivity contribution in [3.63, 3.8) is 0 Å². The number of hydrogen-bond acceptors (Lipinski definition) is 3. The Hall–Kier alpha value is -0.120. The van der Waals surface area contributed by atoms with Crippen molar-refractivity contribution in [2.45, 2.75) is 33.7 Å². The molecule has 0 aromatic carbocycles. The van der Waals surface area contributed by atoms with Gasteiger partial charge in [0.15, 0.2) is 0 Å². The van der Waals surface area contributed by atoms with Crippen LogP contribution in [-0.2, 0) is 0 Å². The normalized spacial score (nSPS) is 15.0. The van der Waals surface area contributed by atoms with Gasteiger partial charge in [-0.1, -0.05) is 27.7 Å². The molecule has 0 aliphatic carbocycles. The summed E-state index contributed by atoms with van der Waals surface area (Å²) in [6.45, 7) is 11.4. The second-order valence-electron chi connectivity index (χ2n) is 4.77. The molecule has 0 rings (SSSR count). The largest absolute Gasteiger partial charge is 0.329 e. The second-order valence-corrected chi connectivity index (χ2v) is 4.77. The lowest BCUT2D eigenvalue weighted by molar-refractivity contribution is 0.237. The van der Waals surface area contributed by atoms with Gasteiger partial charge in [0.05, 0.1) is 0 Å². The fourth-order valence-corrected chi connectivity index (χ4v) is 0.867. The van der Waals surface area contributed by atoms with Crippen LogP contribution in [0, 0.1) is 11.3 Å². The van der Waals surface area contributed by atoms with Gasteiger partial charge in [-0.25, -0.2) is 0 Å². The standard InChI is InChI=1S/C10H25N3/c1-8(2)10(3,4)7-13-6-9(12)5-11/h8-9,13H,5-7,11-12H2,1-4H3. The monoisotopic (exact) mass is 187 g/mol. The van der Waals surface area contributed by atoms with Crippen LogP contribution in [0.5, 0.6) is 0 Å². The molecular weight excluding hydrogens is 162 g/mol. The van der Waals surface area contributed by atoms with Crippen molar-refractivity contribution in [3.05, 3.63) is 0 Å². The summed E-state index contributed by atoms with van der Waals surface area (Å²) in [5, 5.41) is 3.35.